The minimum Gasteiger partial charge on any atom is -0.390 e. The fraction of sp³-hybridized carbons (Fsp3) is 0.458. The van der Waals surface area contributed by atoms with Crippen molar-refractivity contribution in [3.63, 3.8) is 0 Å². The summed E-state index contributed by atoms with van der Waals surface area (Å²) in [6, 6.07) is 6.30. The highest BCUT2D eigenvalue weighted by Crippen LogP contribution is 2.46. The molecule has 3 heterocycles. The molecular weight excluding hydrogens is 366 g/mol. The number of benzene rings is 1. The number of nitrogens with zero attached hydrogens (tertiary/aromatic N) is 2. The van der Waals surface area contributed by atoms with Crippen LogP contribution >= 0.6 is 11.6 Å². The Bertz CT molecular complexity index is 846. The first-order valence-electron chi connectivity index (χ1n) is 10.7. The first-order chi connectivity index (χ1) is 13.7. The number of halogens is 1. The lowest BCUT2D eigenvalue weighted by Crippen LogP contribution is -2.19. The summed E-state index contributed by atoms with van der Waals surface area (Å²) in [5, 5.41) is 8.83. The van der Waals surface area contributed by atoms with Crippen LogP contribution in [0.25, 0.3) is 11.3 Å². The van der Waals surface area contributed by atoms with Crippen LogP contribution < -0.4 is 5.32 Å². The van der Waals surface area contributed by atoms with Crippen LogP contribution in [0.1, 0.15) is 77.1 Å². The zero-order valence-corrected chi connectivity index (χ0v) is 18.9. The Morgan fingerprint density at radius 1 is 1.25 bits per heavy atom. The van der Waals surface area contributed by atoms with Crippen LogP contribution in [0.2, 0.25) is 5.02 Å². The van der Waals surface area contributed by atoms with Crippen molar-refractivity contribution >= 4 is 17.2 Å². The molecule has 0 fully saturated rings. The maximum atomic E-state index is 6.58. The lowest BCUT2D eigenvalue weighted by Gasteiger charge is -2.30. The average molecular weight is 400 g/mol. The van der Waals surface area contributed by atoms with Gasteiger partial charge in [-0.05, 0) is 49.5 Å². The lowest BCUT2D eigenvalue weighted by molar-refractivity contribution is 0.721. The van der Waals surface area contributed by atoms with E-state index in [1.807, 2.05) is 44.6 Å². The van der Waals surface area contributed by atoms with Gasteiger partial charge in [-0.2, -0.15) is 5.10 Å². The topological polar surface area (TPSA) is 29.9 Å². The second-order valence-electron chi connectivity index (χ2n) is 6.59. The highest BCUT2D eigenvalue weighted by molar-refractivity contribution is 6.33. The van der Waals surface area contributed by atoms with Crippen molar-refractivity contribution in [1.82, 2.24) is 15.1 Å². The van der Waals surface area contributed by atoms with Crippen molar-refractivity contribution in [2.24, 2.45) is 0 Å². The van der Waals surface area contributed by atoms with E-state index in [0.29, 0.717) is 5.92 Å². The Morgan fingerprint density at radius 3 is 2.71 bits per heavy atom. The Kier molecular flexibility index (Phi) is 8.37. The van der Waals surface area contributed by atoms with Crippen molar-refractivity contribution < 1.29 is 0 Å². The summed E-state index contributed by atoms with van der Waals surface area (Å²) in [7, 11) is 0. The fourth-order valence-electron chi connectivity index (χ4n) is 3.72. The van der Waals surface area contributed by atoms with Gasteiger partial charge in [0, 0.05) is 30.4 Å². The van der Waals surface area contributed by atoms with Crippen molar-refractivity contribution in [3.05, 3.63) is 64.1 Å². The van der Waals surface area contributed by atoms with Gasteiger partial charge in [0.05, 0.1) is 16.4 Å². The third-order valence-corrected chi connectivity index (χ3v) is 5.48. The Morgan fingerprint density at radius 2 is 2.00 bits per heavy atom. The standard InChI is InChI=1S/C20H22ClN3.2C2H6/c1-3-13(2)4-6-15-16-12-22-10-8-14-5-7-17(21)20(19(14)16)24-18(15)9-11-23-24;2*1-2/h4-5,7,9,11-12,15,22H,3,6,8,10H2,1-2H3;2*1-2H3/b13-4-;;. The summed E-state index contributed by atoms with van der Waals surface area (Å²) in [5.74, 6) is 0.310. The molecular formula is C24H34ClN3. The second-order valence-corrected chi connectivity index (χ2v) is 7.00. The van der Waals surface area contributed by atoms with Crippen molar-refractivity contribution in [2.45, 2.75) is 66.7 Å². The Labute approximate surface area is 175 Å². The van der Waals surface area contributed by atoms with Crippen LogP contribution in [-0.4, -0.2) is 16.3 Å². The molecule has 28 heavy (non-hydrogen) atoms. The van der Waals surface area contributed by atoms with Gasteiger partial charge >= 0.3 is 0 Å². The van der Waals surface area contributed by atoms with Gasteiger partial charge in [-0.1, -0.05) is 63.9 Å². The van der Waals surface area contributed by atoms with Crippen LogP contribution in [0.5, 0.6) is 0 Å². The molecule has 0 amide bonds. The van der Waals surface area contributed by atoms with Crippen LogP contribution in [0.15, 0.2) is 42.2 Å². The minimum atomic E-state index is 0.310. The normalized spacial score (nSPS) is 16.8. The van der Waals surface area contributed by atoms with Gasteiger partial charge in [0.25, 0.3) is 0 Å². The van der Waals surface area contributed by atoms with E-state index in [1.54, 1.807) is 0 Å². The lowest BCUT2D eigenvalue weighted by atomic mass is 9.81. The van der Waals surface area contributed by atoms with Crippen LogP contribution in [0, 0.1) is 0 Å². The zero-order chi connectivity index (χ0) is 20.7. The maximum Gasteiger partial charge on any atom is 0.0913 e. The molecule has 0 bridgehead atoms. The molecule has 4 rings (SSSR count). The smallest absolute Gasteiger partial charge is 0.0913 e. The van der Waals surface area contributed by atoms with E-state index in [2.05, 4.69) is 48.7 Å². The van der Waals surface area contributed by atoms with Gasteiger partial charge in [0.1, 0.15) is 0 Å². The van der Waals surface area contributed by atoms with Crippen LogP contribution in [0.3, 0.4) is 0 Å². The van der Waals surface area contributed by atoms with Gasteiger partial charge in [-0.15, -0.1) is 0 Å². The molecule has 1 unspecified atom stereocenters. The van der Waals surface area contributed by atoms with E-state index in [9.17, 15) is 0 Å². The second kappa shape index (κ2) is 10.5. The van der Waals surface area contributed by atoms with Gasteiger partial charge in [0.15, 0.2) is 0 Å². The molecule has 3 nitrogen and oxygen atoms in total. The molecule has 2 aromatic rings. The monoisotopic (exact) mass is 399 g/mol. The number of hydrogen-bond donors (Lipinski definition) is 1. The first-order valence-corrected chi connectivity index (χ1v) is 11.0. The van der Waals surface area contributed by atoms with Gasteiger partial charge in [-0.25, -0.2) is 4.68 Å². The SMILES string of the molecule is CC.CC.CC/C(C)=C\CC1C2=CNCCc3ccc(Cl)c(c32)-n2nccc21. The maximum absolute atomic E-state index is 6.58. The molecule has 0 radical (unpaired) electrons. The molecule has 0 saturated carbocycles. The van der Waals surface area contributed by atoms with E-state index in [1.165, 1.54) is 28.0 Å². The molecule has 2 aliphatic rings. The number of hydrogen-bond acceptors (Lipinski definition) is 2. The minimum absolute atomic E-state index is 0.310. The summed E-state index contributed by atoms with van der Waals surface area (Å²) >= 11 is 6.58. The van der Waals surface area contributed by atoms with Crippen molar-refractivity contribution in [2.75, 3.05) is 6.54 Å². The summed E-state index contributed by atoms with van der Waals surface area (Å²) in [6.45, 7) is 13.4. The van der Waals surface area contributed by atoms with Gasteiger partial charge in [0.2, 0.25) is 0 Å². The first kappa shape index (κ1) is 22.3. The molecule has 0 saturated heterocycles. The van der Waals surface area contributed by atoms with Crippen LogP contribution in [0.4, 0.5) is 0 Å². The molecule has 1 aromatic heterocycles. The largest absolute Gasteiger partial charge is 0.390 e. The highest BCUT2D eigenvalue weighted by Gasteiger charge is 2.33. The third-order valence-electron chi connectivity index (χ3n) is 5.18. The van der Waals surface area contributed by atoms with Crippen molar-refractivity contribution in [3.8, 4) is 5.69 Å². The summed E-state index contributed by atoms with van der Waals surface area (Å²) in [5.41, 5.74) is 7.66. The Hall–Kier alpha value is -2.00. The molecule has 1 N–H and O–H groups in total. The van der Waals surface area contributed by atoms with Gasteiger partial charge in [-0.3, -0.25) is 0 Å². The molecule has 4 heteroatoms. The van der Waals surface area contributed by atoms with E-state index in [0.717, 1.165) is 36.5 Å². The molecule has 1 atom stereocenters. The quantitative estimate of drug-likeness (QED) is 0.568. The van der Waals surface area contributed by atoms with Gasteiger partial charge < -0.3 is 5.32 Å². The molecule has 2 aliphatic heterocycles. The van der Waals surface area contributed by atoms with Crippen molar-refractivity contribution in [1.29, 1.82) is 0 Å². The number of nitrogens with one attached hydrogen (secondary N) is 1. The fourth-order valence-corrected chi connectivity index (χ4v) is 3.95. The average Bonchev–Trinajstić information content (AvgIpc) is 3.13. The highest BCUT2D eigenvalue weighted by atomic mass is 35.5. The molecule has 0 aliphatic carbocycles. The van der Waals surface area contributed by atoms with Crippen LogP contribution in [-0.2, 0) is 6.42 Å². The van der Waals surface area contributed by atoms with E-state index in [-0.39, 0.29) is 0 Å². The zero-order valence-electron chi connectivity index (χ0n) is 18.1. The summed E-state index contributed by atoms with van der Waals surface area (Å²) in [6.07, 6.45) is 9.53. The molecule has 152 valence electrons. The van der Waals surface area contributed by atoms with E-state index >= 15 is 0 Å². The third kappa shape index (κ3) is 4.20. The summed E-state index contributed by atoms with van der Waals surface area (Å²) < 4.78 is 2.05. The number of fused-ring (bicyclic) bond motifs is 2. The summed E-state index contributed by atoms with van der Waals surface area (Å²) in [4.78, 5) is 0. The predicted octanol–water partition coefficient (Wildman–Crippen LogP) is 6.91. The number of allylic oxidation sites excluding steroid dienone is 3. The number of aromatic nitrogens is 2. The predicted molar refractivity (Wildman–Crippen MR) is 122 cm³/mol. The Balaban J connectivity index is 0.000000660. The molecule has 1 aromatic carbocycles. The van der Waals surface area contributed by atoms with E-state index < -0.39 is 0 Å². The van der Waals surface area contributed by atoms with E-state index in [4.69, 9.17) is 11.6 Å². The molecule has 0 spiro atoms. The number of rotatable bonds is 3.